The van der Waals surface area contributed by atoms with Crippen LogP contribution in [-0.2, 0) is 0 Å². The number of hydrogen-bond acceptors (Lipinski definition) is 1. The van der Waals surface area contributed by atoms with E-state index in [0.717, 1.165) is 43.1 Å². The minimum Gasteiger partial charge on any atom is -0.300 e. The van der Waals surface area contributed by atoms with Crippen molar-refractivity contribution in [1.82, 2.24) is 4.90 Å². The molecule has 1 aliphatic carbocycles. The molecule has 1 aromatic carbocycles. The van der Waals surface area contributed by atoms with Gasteiger partial charge in [-0.1, -0.05) is 32.4 Å². The monoisotopic (exact) mass is 275 g/mol. The van der Waals surface area contributed by atoms with Gasteiger partial charge in [-0.25, -0.2) is 4.39 Å². The van der Waals surface area contributed by atoms with Crippen molar-refractivity contribution < 1.29 is 4.39 Å². The average Bonchev–Trinajstić information content (AvgIpc) is 2.37. The first-order valence-corrected chi connectivity index (χ1v) is 8.18. The van der Waals surface area contributed by atoms with Crippen molar-refractivity contribution in [3.05, 3.63) is 35.1 Å². The minimum absolute atomic E-state index is 0.0123. The van der Waals surface area contributed by atoms with Crippen LogP contribution in [0.15, 0.2) is 18.2 Å². The van der Waals surface area contributed by atoms with Crippen molar-refractivity contribution in [1.29, 1.82) is 0 Å². The van der Waals surface area contributed by atoms with Crippen molar-refractivity contribution in [3.8, 4) is 0 Å². The van der Waals surface area contributed by atoms with Crippen molar-refractivity contribution in [3.63, 3.8) is 0 Å². The molecule has 1 aromatic rings. The highest BCUT2D eigenvalue weighted by molar-refractivity contribution is 5.29. The lowest BCUT2D eigenvalue weighted by Gasteiger charge is -2.42. The molecular weight excluding hydrogens is 249 g/mol. The van der Waals surface area contributed by atoms with Crippen LogP contribution in [0.3, 0.4) is 0 Å². The summed E-state index contributed by atoms with van der Waals surface area (Å²) in [6.07, 6.45) is 6.39. The summed E-state index contributed by atoms with van der Waals surface area (Å²) in [5, 5.41) is 0. The summed E-state index contributed by atoms with van der Waals surface area (Å²) in [5.74, 6) is 0.838. The highest BCUT2D eigenvalue weighted by atomic mass is 19.1. The molecule has 0 amide bonds. The van der Waals surface area contributed by atoms with Gasteiger partial charge in [0.05, 0.1) is 0 Å². The first kappa shape index (κ1) is 14.1. The Kier molecular flexibility index (Phi) is 4.11. The molecule has 0 atom stereocenters. The number of nitrogens with zero attached hydrogens (tertiary/aromatic N) is 1. The van der Waals surface area contributed by atoms with E-state index in [4.69, 9.17) is 0 Å². The molecule has 2 heteroatoms. The first-order chi connectivity index (χ1) is 9.65. The lowest BCUT2D eigenvalue weighted by Crippen LogP contribution is -2.44. The highest BCUT2D eigenvalue weighted by Gasteiger charge is 2.29. The molecule has 20 heavy (non-hydrogen) atoms. The van der Waals surface area contributed by atoms with E-state index in [1.54, 1.807) is 6.07 Å². The van der Waals surface area contributed by atoms with Gasteiger partial charge in [-0.3, -0.25) is 0 Å². The molecule has 0 aromatic heterocycles. The number of likely N-dealkylation sites (tertiary alicyclic amines) is 1. The second kappa shape index (κ2) is 5.85. The van der Waals surface area contributed by atoms with Crippen molar-refractivity contribution in [2.24, 2.45) is 0 Å². The molecule has 110 valence electrons. The summed E-state index contributed by atoms with van der Waals surface area (Å²) in [4.78, 5) is 2.63. The normalized spacial score (nSPS) is 22.2. The van der Waals surface area contributed by atoms with Gasteiger partial charge in [0, 0.05) is 6.04 Å². The summed E-state index contributed by atoms with van der Waals surface area (Å²) in [6.45, 7) is 6.54. The Hall–Kier alpha value is -0.890. The third-order valence-electron chi connectivity index (χ3n) is 5.25. The molecule has 1 nitrogen and oxygen atoms in total. The Bertz CT molecular complexity index is 456. The fraction of sp³-hybridized carbons (Fsp3) is 0.667. The summed E-state index contributed by atoms with van der Waals surface area (Å²) in [5.41, 5.74) is 2.06. The maximum absolute atomic E-state index is 14.3. The molecule has 2 fully saturated rings. The van der Waals surface area contributed by atoms with Crippen LogP contribution >= 0.6 is 0 Å². The van der Waals surface area contributed by atoms with Gasteiger partial charge in [-0.05, 0) is 67.8 Å². The smallest absolute Gasteiger partial charge is 0.126 e. The van der Waals surface area contributed by atoms with Gasteiger partial charge in [0.15, 0.2) is 0 Å². The molecule has 0 unspecified atom stereocenters. The second-order valence-electron chi connectivity index (χ2n) is 6.83. The van der Waals surface area contributed by atoms with Crippen LogP contribution in [0.5, 0.6) is 0 Å². The predicted octanol–water partition coefficient (Wildman–Crippen LogP) is 4.68. The lowest BCUT2D eigenvalue weighted by atomic mass is 9.84. The molecule has 1 saturated carbocycles. The Morgan fingerprint density at radius 3 is 2.30 bits per heavy atom. The molecular formula is C18H26FN. The van der Waals surface area contributed by atoms with Crippen molar-refractivity contribution >= 4 is 0 Å². The number of hydrogen-bond donors (Lipinski definition) is 0. The maximum atomic E-state index is 14.3. The van der Waals surface area contributed by atoms with Crippen LogP contribution in [-0.4, -0.2) is 24.0 Å². The van der Waals surface area contributed by atoms with Gasteiger partial charge in [0.25, 0.3) is 0 Å². The quantitative estimate of drug-likeness (QED) is 0.774. The third kappa shape index (κ3) is 2.76. The van der Waals surface area contributed by atoms with Crippen LogP contribution < -0.4 is 0 Å². The highest BCUT2D eigenvalue weighted by Crippen LogP contribution is 2.34. The zero-order valence-electron chi connectivity index (χ0n) is 12.7. The first-order valence-electron chi connectivity index (χ1n) is 8.18. The van der Waals surface area contributed by atoms with Crippen LogP contribution in [0.2, 0.25) is 0 Å². The minimum atomic E-state index is 0.0123. The summed E-state index contributed by atoms with van der Waals surface area (Å²) < 4.78 is 14.3. The zero-order valence-corrected chi connectivity index (χ0v) is 12.7. The predicted molar refractivity (Wildman–Crippen MR) is 81.7 cm³/mol. The van der Waals surface area contributed by atoms with Gasteiger partial charge < -0.3 is 4.90 Å². The fourth-order valence-electron chi connectivity index (χ4n) is 3.56. The average molecular weight is 275 g/mol. The van der Waals surface area contributed by atoms with Gasteiger partial charge in [-0.15, -0.1) is 0 Å². The summed E-state index contributed by atoms with van der Waals surface area (Å²) >= 11 is 0. The Morgan fingerprint density at radius 2 is 1.80 bits per heavy atom. The van der Waals surface area contributed by atoms with Crippen molar-refractivity contribution in [2.45, 2.75) is 63.8 Å². The van der Waals surface area contributed by atoms with Crippen LogP contribution in [0.4, 0.5) is 4.39 Å². The number of benzene rings is 1. The third-order valence-corrected chi connectivity index (χ3v) is 5.25. The molecule has 0 radical (unpaired) electrons. The van der Waals surface area contributed by atoms with Crippen molar-refractivity contribution in [2.75, 3.05) is 13.1 Å². The molecule has 1 heterocycles. The molecule has 1 saturated heterocycles. The Balaban J connectivity index is 1.65. The Morgan fingerprint density at radius 1 is 1.10 bits per heavy atom. The van der Waals surface area contributed by atoms with E-state index in [0.29, 0.717) is 11.8 Å². The van der Waals surface area contributed by atoms with Gasteiger partial charge in [0.1, 0.15) is 5.82 Å². The number of rotatable bonds is 3. The van der Waals surface area contributed by atoms with Crippen LogP contribution in [0, 0.1) is 5.82 Å². The summed E-state index contributed by atoms with van der Waals surface area (Å²) in [6, 6.07) is 6.73. The lowest BCUT2D eigenvalue weighted by molar-refractivity contribution is 0.0970. The van der Waals surface area contributed by atoms with E-state index in [1.165, 1.54) is 19.3 Å². The van der Waals surface area contributed by atoms with Gasteiger partial charge in [0.2, 0.25) is 0 Å². The van der Waals surface area contributed by atoms with E-state index in [1.807, 2.05) is 6.07 Å². The van der Waals surface area contributed by atoms with Gasteiger partial charge in [-0.2, -0.15) is 0 Å². The number of halogens is 1. The SMILES string of the molecule is CC(C)c1ccc(C2CCN(C3CCC3)CC2)c(F)c1. The second-order valence-corrected chi connectivity index (χ2v) is 6.83. The standard InChI is InChI=1S/C18H26FN/c1-13(2)15-6-7-17(18(19)12-15)14-8-10-20(11-9-14)16-4-3-5-16/h6-7,12-14,16H,3-5,8-11H2,1-2H3. The van der Waals surface area contributed by atoms with E-state index < -0.39 is 0 Å². The van der Waals surface area contributed by atoms with E-state index in [9.17, 15) is 4.39 Å². The van der Waals surface area contributed by atoms with Crippen LogP contribution in [0.1, 0.15) is 68.9 Å². The molecule has 2 aliphatic rings. The molecule has 1 aliphatic heterocycles. The summed E-state index contributed by atoms with van der Waals surface area (Å²) in [7, 11) is 0. The largest absolute Gasteiger partial charge is 0.300 e. The molecule has 0 bridgehead atoms. The molecule has 0 spiro atoms. The van der Waals surface area contributed by atoms with Gasteiger partial charge >= 0.3 is 0 Å². The van der Waals surface area contributed by atoms with Crippen LogP contribution in [0.25, 0.3) is 0 Å². The fourth-order valence-corrected chi connectivity index (χ4v) is 3.56. The Labute approximate surface area is 122 Å². The topological polar surface area (TPSA) is 3.24 Å². The van der Waals surface area contributed by atoms with E-state index >= 15 is 0 Å². The van der Waals surface area contributed by atoms with E-state index in [-0.39, 0.29) is 5.82 Å². The molecule has 0 N–H and O–H groups in total. The number of piperidine rings is 1. The van der Waals surface area contributed by atoms with E-state index in [2.05, 4.69) is 24.8 Å². The zero-order chi connectivity index (χ0) is 14.1. The maximum Gasteiger partial charge on any atom is 0.126 e. The molecule has 3 rings (SSSR count).